The molecule has 3 rings (SSSR count). The summed E-state index contributed by atoms with van der Waals surface area (Å²) in [6.07, 6.45) is 8.74. The Bertz CT molecular complexity index is 585. The van der Waals surface area contributed by atoms with Crippen LogP contribution in [0.4, 0.5) is 0 Å². The molecule has 0 bridgehead atoms. The fraction of sp³-hybridized carbons (Fsp3) is 0.579. The zero-order chi connectivity index (χ0) is 17.0. The van der Waals surface area contributed by atoms with Crippen LogP contribution in [0.25, 0.3) is 6.08 Å². The van der Waals surface area contributed by atoms with E-state index in [1.165, 1.54) is 16.0 Å². The molecule has 0 saturated carbocycles. The van der Waals surface area contributed by atoms with Crippen molar-refractivity contribution in [2.24, 2.45) is 0 Å². The molecule has 0 N–H and O–H groups in total. The zero-order valence-corrected chi connectivity index (χ0v) is 16.8. The Labute approximate surface area is 153 Å². The maximum absolute atomic E-state index is 6.17. The van der Waals surface area contributed by atoms with Gasteiger partial charge in [0.25, 0.3) is 0 Å². The van der Waals surface area contributed by atoms with E-state index >= 15 is 0 Å². The molecule has 2 heterocycles. The number of likely N-dealkylation sites (tertiary alicyclic amines) is 1. The van der Waals surface area contributed by atoms with Crippen LogP contribution < -0.4 is 0 Å². The first-order valence-corrected chi connectivity index (χ1v) is 10.5. The van der Waals surface area contributed by atoms with Gasteiger partial charge in [-0.15, -0.1) is 11.8 Å². The van der Waals surface area contributed by atoms with Crippen molar-refractivity contribution in [2.75, 3.05) is 39.0 Å². The maximum Gasteiger partial charge on any atom is 0.0836 e. The average molecular weight is 364 g/mol. The summed E-state index contributed by atoms with van der Waals surface area (Å²) in [6, 6.07) is 6.93. The summed E-state index contributed by atoms with van der Waals surface area (Å²) in [5, 5.41) is 0. The van der Waals surface area contributed by atoms with Crippen LogP contribution in [0.5, 0.6) is 0 Å². The highest BCUT2D eigenvalue weighted by Crippen LogP contribution is 2.32. The van der Waals surface area contributed by atoms with Gasteiger partial charge in [0.2, 0.25) is 0 Å². The minimum atomic E-state index is 0.0910. The van der Waals surface area contributed by atoms with Gasteiger partial charge in [-0.25, -0.2) is 0 Å². The predicted molar refractivity (Wildman–Crippen MR) is 107 cm³/mol. The van der Waals surface area contributed by atoms with Gasteiger partial charge in [0.1, 0.15) is 0 Å². The van der Waals surface area contributed by atoms with Gasteiger partial charge in [-0.05, 0) is 49.3 Å². The number of hydrogen-bond donors (Lipinski definition) is 0. The van der Waals surface area contributed by atoms with Crippen LogP contribution in [0.3, 0.4) is 0 Å². The topological polar surface area (TPSA) is 15.7 Å². The van der Waals surface area contributed by atoms with Crippen molar-refractivity contribution in [1.29, 1.82) is 0 Å². The van der Waals surface area contributed by atoms with Crippen LogP contribution in [0.2, 0.25) is 0 Å². The van der Waals surface area contributed by atoms with Crippen LogP contribution in [0, 0.1) is 0 Å². The van der Waals surface area contributed by atoms with Gasteiger partial charge in [-0.2, -0.15) is 0 Å². The summed E-state index contributed by atoms with van der Waals surface area (Å²) in [6.45, 7) is 8.33. The van der Waals surface area contributed by atoms with E-state index in [-0.39, 0.29) is 5.60 Å². The summed E-state index contributed by atoms with van der Waals surface area (Å²) in [4.78, 5) is 3.93. The SMILES string of the molecule is C/C=C/c1cc(CN2CCC3(CC2)CN(P)CCO3)cc(SC)c1. The Morgan fingerprint density at radius 3 is 2.71 bits per heavy atom. The summed E-state index contributed by atoms with van der Waals surface area (Å²) < 4.78 is 8.51. The zero-order valence-electron chi connectivity index (χ0n) is 14.8. The lowest BCUT2D eigenvalue weighted by Gasteiger charge is -2.46. The van der Waals surface area contributed by atoms with Crippen molar-refractivity contribution in [1.82, 2.24) is 9.57 Å². The molecule has 2 fully saturated rings. The summed E-state index contributed by atoms with van der Waals surface area (Å²) >= 11 is 1.82. The van der Waals surface area contributed by atoms with E-state index in [2.05, 4.69) is 62.5 Å². The quantitative estimate of drug-likeness (QED) is 0.594. The van der Waals surface area contributed by atoms with Crippen molar-refractivity contribution < 1.29 is 4.74 Å². The van der Waals surface area contributed by atoms with E-state index in [0.29, 0.717) is 0 Å². The molecule has 1 atom stereocenters. The summed E-state index contributed by atoms with van der Waals surface area (Å²) in [5.74, 6) is 0. The number of allylic oxidation sites excluding steroid dienone is 1. The number of piperidine rings is 1. The summed E-state index contributed by atoms with van der Waals surface area (Å²) in [7, 11) is 2.85. The first-order chi connectivity index (χ1) is 11.6. The van der Waals surface area contributed by atoms with Gasteiger partial charge in [0.15, 0.2) is 0 Å². The molecule has 3 nitrogen and oxygen atoms in total. The van der Waals surface area contributed by atoms with Gasteiger partial charge in [0, 0.05) is 37.6 Å². The molecule has 5 heteroatoms. The summed E-state index contributed by atoms with van der Waals surface area (Å²) in [5.41, 5.74) is 2.82. The van der Waals surface area contributed by atoms with Gasteiger partial charge in [0.05, 0.1) is 12.2 Å². The van der Waals surface area contributed by atoms with Crippen LogP contribution in [-0.4, -0.2) is 54.2 Å². The predicted octanol–water partition coefficient (Wildman–Crippen LogP) is 3.90. The van der Waals surface area contributed by atoms with Crippen molar-refractivity contribution in [3.63, 3.8) is 0 Å². The third kappa shape index (κ3) is 4.62. The fourth-order valence-corrected chi connectivity index (χ4v) is 4.70. The molecule has 1 spiro atoms. The van der Waals surface area contributed by atoms with Gasteiger partial charge < -0.3 is 4.74 Å². The molecular formula is C19H29N2OPS. The number of hydrogen-bond acceptors (Lipinski definition) is 4. The highest BCUT2D eigenvalue weighted by atomic mass is 32.2. The molecule has 2 saturated heterocycles. The lowest BCUT2D eigenvalue weighted by molar-refractivity contribution is -0.118. The third-order valence-corrected chi connectivity index (χ3v) is 6.18. The second-order valence-electron chi connectivity index (χ2n) is 6.89. The van der Waals surface area contributed by atoms with E-state index in [4.69, 9.17) is 4.74 Å². The minimum Gasteiger partial charge on any atom is -0.372 e. The first kappa shape index (κ1) is 18.4. The molecule has 0 aliphatic carbocycles. The molecule has 0 amide bonds. The van der Waals surface area contributed by atoms with Crippen molar-refractivity contribution in [3.8, 4) is 0 Å². The van der Waals surface area contributed by atoms with E-state index in [1.807, 2.05) is 11.8 Å². The maximum atomic E-state index is 6.17. The van der Waals surface area contributed by atoms with E-state index in [1.54, 1.807) is 0 Å². The fourth-order valence-electron chi connectivity index (χ4n) is 3.74. The van der Waals surface area contributed by atoms with Gasteiger partial charge in [-0.1, -0.05) is 27.6 Å². The lowest BCUT2D eigenvalue weighted by Crippen LogP contribution is -2.54. The molecule has 2 aliphatic rings. The Morgan fingerprint density at radius 1 is 1.25 bits per heavy atom. The average Bonchev–Trinajstić information content (AvgIpc) is 2.57. The highest BCUT2D eigenvalue weighted by molar-refractivity contribution is 7.98. The number of thioether (sulfide) groups is 1. The number of benzene rings is 1. The lowest BCUT2D eigenvalue weighted by atomic mass is 9.90. The molecule has 132 valence electrons. The Hall–Kier alpha value is -0.380. The minimum absolute atomic E-state index is 0.0910. The smallest absolute Gasteiger partial charge is 0.0836 e. The van der Waals surface area contributed by atoms with E-state index in [0.717, 1.165) is 52.2 Å². The standard InChI is InChI=1S/C19H29N2OPS/c1-3-4-16-11-17(13-18(12-16)24-2)14-20-7-5-19(6-8-20)15-21(23)9-10-22-19/h3-4,11-13H,5-10,14-15,23H2,1-2H3/b4-3+. The largest absolute Gasteiger partial charge is 0.372 e. The van der Waals surface area contributed by atoms with Crippen molar-refractivity contribution >= 4 is 27.2 Å². The molecule has 0 radical (unpaired) electrons. The Morgan fingerprint density at radius 2 is 2.04 bits per heavy atom. The van der Waals surface area contributed by atoms with Crippen molar-refractivity contribution in [3.05, 3.63) is 35.4 Å². The van der Waals surface area contributed by atoms with Gasteiger partial charge in [-0.3, -0.25) is 9.57 Å². The Kier molecular flexibility index (Phi) is 6.39. The Balaban J connectivity index is 1.62. The van der Waals surface area contributed by atoms with Crippen LogP contribution in [-0.2, 0) is 11.3 Å². The van der Waals surface area contributed by atoms with Gasteiger partial charge >= 0.3 is 0 Å². The first-order valence-electron chi connectivity index (χ1n) is 8.79. The van der Waals surface area contributed by atoms with E-state index < -0.39 is 0 Å². The second kappa shape index (κ2) is 8.33. The normalized spacial score (nSPS) is 22.5. The number of morpholine rings is 1. The highest BCUT2D eigenvalue weighted by Gasteiger charge is 2.38. The van der Waals surface area contributed by atoms with E-state index in [9.17, 15) is 0 Å². The van der Waals surface area contributed by atoms with Crippen LogP contribution in [0.15, 0.2) is 29.2 Å². The van der Waals surface area contributed by atoms with Crippen LogP contribution in [0.1, 0.15) is 30.9 Å². The van der Waals surface area contributed by atoms with Crippen LogP contribution >= 0.6 is 21.2 Å². The number of nitrogens with zero attached hydrogens (tertiary/aromatic N) is 2. The molecule has 2 aliphatic heterocycles. The third-order valence-electron chi connectivity index (χ3n) is 5.03. The molecule has 0 aromatic heterocycles. The molecule has 24 heavy (non-hydrogen) atoms. The molecule has 1 aromatic rings. The van der Waals surface area contributed by atoms with Crippen molar-refractivity contribution in [2.45, 2.75) is 36.8 Å². The monoisotopic (exact) mass is 364 g/mol. The number of rotatable bonds is 4. The second-order valence-corrected chi connectivity index (χ2v) is 8.50. The molecule has 1 aromatic carbocycles. The molecule has 1 unspecified atom stereocenters. The molecular weight excluding hydrogens is 335 g/mol. The number of ether oxygens (including phenoxy) is 1.